The van der Waals surface area contributed by atoms with Gasteiger partial charge in [-0.15, -0.1) is 102 Å². The second kappa shape index (κ2) is 19.4. The van der Waals surface area contributed by atoms with Crippen LogP contribution in [0.1, 0.15) is 6.92 Å². The summed E-state index contributed by atoms with van der Waals surface area (Å²) in [6.07, 6.45) is 5.37. The van der Waals surface area contributed by atoms with Gasteiger partial charge in [-0.2, -0.15) is 0 Å². The van der Waals surface area contributed by atoms with Gasteiger partial charge in [0.15, 0.2) is 0 Å². The number of carbonyl (C=O) groups excluding carboxylic acids is 1. The molecule has 0 unspecified atom stereocenters. The molecule has 3 aromatic carbocycles. The van der Waals surface area contributed by atoms with Crippen molar-refractivity contribution >= 4 is 17.3 Å². The van der Waals surface area contributed by atoms with Gasteiger partial charge in [-0.1, -0.05) is 30.8 Å². The fraction of sp³-hybridized carbons (Fsp3) is 0.122. The Kier molecular flexibility index (Phi) is 15.1. The molecule has 0 radical (unpaired) electrons. The molecule has 0 fully saturated rings. The largest absolute Gasteiger partial charge is 3.00 e. The molecule has 3 aromatic heterocycles. The van der Waals surface area contributed by atoms with Crippen LogP contribution in [0.5, 0.6) is 5.75 Å². The molecule has 49 heavy (non-hydrogen) atoms. The zero-order valence-corrected chi connectivity index (χ0v) is 30.6. The van der Waals surface area contributed by atoms with E-state index in [4.69, 9.17) is 4.74 Å². The number of hydrogen-bond donors (Lipinski definition) is 0. The number of carbonyl (C=O) groups is 1. The number of benzene rings is 3. The number of hydrogen-bond acceptors (Lipinski definition) is 7. The van der Waals surface area contributed by atoms with Crippen molar-refractivity contribution in [1.29, 1.82) is 0 Å². The maximum Gasteiger partial charge on any atom is 3.00 e. The van der Waals surface area contributed by atoms with Gasteiger partial charge >= 0.3 is 26.1 Å². The first-order valence-corrected chi connectivity index (χ1v) is 15.2. The van der Waals surface area contributed by atoms with E-state index in [1.54, 1.807) is 25.3 Å². The predicted octanol–water partition coefficient (Wildman–Crippen LogP) is 8.26. The van der Waals surface area contributed by atoms with Crippen LogP contribution in [-0.2, 0) is 24.9 Å². The minimum atomic E-state index is -0.436. The Morgan fingerprint density at radius 2 is 1.14 bits per heavy atom. The van der Waals surface area contributed by atoms with E-state index in [2.05, 4.69) is 61.7 Å². The summed E-state index contributed by atoms with van der Waals surface area (Å²) in [7, 11) is 8.09. The summed E-state index contributed by atoms with van der Waals surface area (Å²) in [5, 5.41) is 0. The third kappa shape index (κ3) is 12.0. The molecule has 3 heterocycles. The van der Waals surface area contributed by atoms with E-state index in [0.717, 1.165) is 45.1 Å². The fourth-order valence-electron chi connectivity index (χ4n) is 4.14. The van der Waals surface area contributed by atoms with Crippen molar-refractivity contribution in [3.8, 4) is 39.5 Å². The third-order valence-electron chi connectivity index (χ3n) is 6.77. The molecule has 0 bridgehead atoms. The molecule has 0 aliphatic rings. The normalized spacial score (nSPS) is 9.73. The van der Waals surface area contributed by atoms with Gasteiger partial charge in [-0.3, -0.25) is 0 Å². The van der Waals surface area contributed by atoms with Crippen molar-refractivity contribution < 1.29 is 29.6 Å². The van der Waals surface area contributed by atoms with Crippen LogP contribution in [0.25, 0.3) is 33.8 Å². The van der Waals surface area contributed by atoms with Gasteiger partial charge in [0.05, 0.1) is 0 Å². The first kappa shape index (κ1) is 38.0. The molecule has 0 saturated carbocycles. The Morgan fingerprint density at radius 1 is 0.633 bits per heavy atom. The molecule has 0 aliphatic carbocycles. The van der Waals surface area contributed by atoms with E-state index in [-0.39, 0.29) is 20.1 Å². The zero-order valence-electron chi connectivity index (χ0n) is 28.2. The average Bonchev–Trinajstić information content (AvgIpc) is 3.13. The van der Waals surface area contributed by atoms with Gasteiger partial charge in [-0.05, 0) is 42.2 Å². The molecule has 0 N–H and O–H groups in total. The standard InChI is InChI=1S/C15H12NO2.2C13H13N2.Ir/c1-11(2)15(17)18-13-8-6-12(7-9-13)14-5-3-4-10-16-14;2*1-15(2)12-8-9-14-13(10-12)11-6-4-3-5-7-11;/h3-6,8-10H,1H2,2H3;2*3-6,8-10H,1-2H3;/q3*-1;+3. The van der Waals surface area contributed by atoms with Gasteiger partial charge in [-0.25, -0.2) is 4.79 Å². The summed E-state index contributed by atoms with van der Waals surface area (Å²) in [5.41, 5.74) is 8.32. The van der Waals surface area contributed by atoms with Gasteiger partial charge in [0.2, 0.25) is 0 Å². The van der Waals surface area contributed by atoms with Crippen LogP contribution in [0.3, 0.4) is 0 Å². The molecule has 248 valence electrons. The Morgan fingerprint density at radius 3 is 1.55 bits per heavy atom. The maximum absolute atomic E-state index is 11.3. The van der Waals surface area contributed by atoms with Crippen molar-refractivity contribution in [1.82, 2.24) is 15.0 Å². The molecule has 0 spiro atoms. The number of aromatic nitrogens is 3. The van der Waals surface area contributed by atoms with Crippen LogP contribution in [0, 0.1) is 18.2 Å². The van der Waals surface area contributed by atoms with E-state index in [1.807, 2.05) is 126 Å². The number of pyridine rings is 3. The minimum absolute atomic E-state index is 0. The van der Waals surface area contributed by atoms with Crippen LogP contribution in [0.15, 0.2) is 140 Å². The predicted molar refractivity (Wildman–Crippen MR) is 195 cm³/mol. The fourth-order valence-corrected chi connectivity index (χ4v) is 4.14. The van der Waals surface area contributed by atoms with Gasteiger partial charge in [0.1, 0.15) is 0 Å². The van der Waals surface area contributed by atoms with Crippen molar-refractivity contribution in [3.63, 3.8) is 0 Å². The second-order valence-electron chi connectivity index (χ2n) is 11.0. The van der Waals surface area contributed by atoms with E-state index < -0.39 is 5.97 Å². The van der Waals surface area contributed by atoms with E-state index >= 15 is 0 Å². The van der Waals surface area contributed by atoms with Gasteiger partial charge in [0, 0.05) is 69.5 Å². The number of ether oxygens (including phenoxy) is 1. The van der Waals surface area contributed by atoms with E-state index in [1.165, 1.54) is 0 Å². The first-order valence-electron chi connectivity index (χ1n) is 15.2. The summed E-state index contributed by atoms with van der Waals surface area (Å²) in [5.74, 6) is 0.0108. The smallest absolute Gasteiger partial charge is 0.471 e. The summed E-state index contributed by atoms with van der Waals surface area (Å²) in [6.45, 7) is 5.13. The summed E-state index contributed by atoms with van der Waals surface area (Å²) >= 11 is 0. The van der Waals surface area contributed by atoms with Crippen molar-refractivity contribution in [2.45, 2.75) is 6.92 Å². The van der Waals surface area contributed by atoms with Crippen molar-refractivity contribution in [2.75, 3.05) is 38.0 Å². The Hall–Kier alpha value is -5.43. The minimum Gasteiger partial charge on any atom is -0.471 e. The quantitative estimate of drug-likeness (QED) is 0.0696. The van der Waals surface area contributed by atoms with Crippen molar-refractivity contribution in [2.24, 2.45) is 0 Å². The molecular formula is C41H38IrN5O2. The van der Waals surface area contributed by atoms with Crippen LogP contribution in [-0.4, -0.2) is 49.1 Å². The third-order valence-corrected chi connectivity index (χ3v) is 6.77. The molecule has 0 amide bonds. The Bertz CT molecular complexity index is 1800. The molecule has 8 heteroatoms. The van der Waals surface area contributed by atoms with Crippen molar-refractivity contribution in [3.05, 3.63) is 158 Å². The molecular weight excluding hydrogens is 787 g/mol. The Balaban J connectivity index is 0.000000198. The molecule has 0 atom stereocenters. The first-order chi connectivity index (χ1) is 23.2. The number of rotatable bonds is 7. The monoisotopic (exact) mass is 825 g/mol. The molecule has 6 rings (SSSR count). The van der Waals surface area contributed by atoms with Crippen LogP contribution in [0.4, 0.5) is 11.4 Å². The van der Waals surface area contributed by atoms with Crippen LogP contribution >= 0.6 is 0 Å². The molecule has 0 saturated heterocycles. The van der Waals surface area contributed by atoms with E-state index in [0.29, 0.717) is 11.3 Å². The second-order valence-corrected chi connectivity index (χ2v) is 11.0. The maximum atomic E-state index is 11.3. The molecule has 6 aromatic rings. The van der Waals surface area contributed by atoms with E-state index in [9.17, 15) is 4.79 Å². The summed E-state index contributed by atoms with van der Waals surface area (Å²) < 4.78 is 5.08. The number of anilines is 2. The molecule has 0 aliphatic heterocycles. The van der Waals surface area contributed by atoms with Gasteiger partial charge in [0.25, 0.3) is 0 Å². The summed E-state index contributed by atoms with van der Waals surface area (Å²) in [6, 6.07) is 44.0. The Labute approximate surface area is 303 Å². The van der Waals surface area contributed by atoms with Gasteiger partial charge < -0.3 is 29.5 Å². The van der Waals surface area contributed by atoms with Crippen LogP contribution in [0.2, 0.25) is 0 Å². The number of esters is 1. The summed E-state index contributed by atoms with van der Waals surface area (Å²) in [4.78, 5) is 28.3. The zero-order chi connectivity index (χ0) is 34.3. The SMILES string of the molecule is C=C(C)C(=O)Oc1c[c-]c(-c2ccccn2)cc1.CN(C)c1ccnc(-c2[c-]cccc2)c1.CN(C)c1ccnc(-c2[c-]cccc2)c1.[Ir+3]. The van der Waals surface area contributed by atoms with Crippen LogP contribution < -0.4 is 14.5 Å². The topological polar surface area (TPSA) is 71.5 Å². The number of nitrogens with zero attached hydrogens (tertiary/aromatic N) is 5. The molecule has 7 nitrogen and oxygen atoms in total. The average molecular weight is 825 g/mol.